The van der Waals surface area contributed by atoms with Crippen LogP contribution in [0.4, 0.5) is 0 Å². The van der Waals surface area contributed by atoms with Crippen molar-refractivity contribution in [2.75, 3.05) is 20.7 Å². The quantitative estimate of drug-likeness (QED) is 0.864. The van der Waals surface area contributed by atoms with E-state index in [1.54, 1.807) is 7.11 Å². The fourth-order valence-corrected chi connectivity index (χ4v) is 1.93. The van der Waals surface area contributed by atoms with Gasteiger partial charge in [-0.15, -0.1) is 0 Å². The molecule has 18 heavy (non-hydrogen) atoms. The third-order valence-electron chi connectivity index (χ3n) is 3.00. The van der Waals surface area contributed by atoms with Gasteiger partial charge >= 0.3 is 5.97 Å². The summed E-state index contributed by atoms with van der Waals surface area (Å²) < 4.78 is 5.10. The van der Waals surface area contributed by atoms with Crippen LogP contribution in [0.2, 0.25) is 5.02 Å². The number of methoxy groups -OCH3 is 1. The molecule has 0 heterocycles. The first-order chi connectivity index (χ1) is 8.45. The van der Waals surface area contributed by atoms with Crippen molar-refractivity contribution < 1.29 is 14.6 Å². The minimum absolute atomic E-state index is 0.104. The van der Waals surface area contributed by atoms with E-state index in [9.17, 15) is 4.79 Å². The fraction of sp³-hybridized carbons (Fsp3) is 0.462. The van der Waals surface area contributed by atoms with E-state index in [0.29, 0.717) is 17.3 Å². The first-order valence-corrected chi connectivity index (χ1v) is 6.09. The lowest BCUT2D eigenvalue weighted by Crippen LogP contribution is -2.25. The molecule has 1 N–H and O–H groups in total. The Labute approximate surface area is 112 Å². The fourth-order valence-electron chi connectivity index (χ4n) is 1.66. The highest BCUT2D eigenvalue weighted by atomic mass is 35.5. The van der Waals surface area contributed by atoms with Crippen molar-refractivity contribution in [2.45, 2.75) is 19.4 Å². The molecule has 1 rings (SSSR count). The molecule has 0 fully saturated rings. The van der Waals surface area contributed by atoms with Crippen molar-refractivity contribution in [2.24, 2.45) is 0 Å². The number of hydrogen-bond acceptors (Lipinski definition) is 3. The Kier molecular flexibility index (Phi) is 5.44. The van der Waals surface area contributed by atoms with E-state index in [2.05, 4.69) is 0 Å². The van der Waals surface area contributed by atoms with Gasteiger partial charge in [0.25, 0.3) is 0 Å². The maximum Gasteiger partial charge on any atom is 0.304 e. The zero-order chi connectivity index (χ0) is 13.7. The molecule has 1 aromatic rings. The summed E-state index contributed by atoms with van der Waals surface area (Å²) in [6.45, 7) is 2.51. The SMILES string of the molecule is COc1ccc(C(C)N(C)CCC(=O)O)cc1Cl. The molecule has 0 radical (unpaired) electrons. The summed E-state index contributed by atoms with van der Waals surface area (Å²) in [5, 5.41) is 9.23. The number of benzene rings is 1. The number of halogens is 1. The van der Waals surface area contributed by atoms with Gasteiger partial charge in [0.1, 0.15) is 5.75 Å². The lowest BCUT2D eigenvalue weighted by molar-refractivity contribution is -0.137. The van der Waals surface area contributed by atoms with Crippen molar-refractivity contribution in [3.63, 3.8) is 0 Å². The normalized spacial score (nSPS) is 12.5. The van der Waals surface area contributed by atoms with Gasteiger partial charge in [-0.25, -0.2) is 0 Å². The third-order valence-corrected chi connectivity index (χ3v) is 3.29. The molecule has 0 aliphatic heterocycles. The van der Waals surface area contributed by atoms with Gasteiger partial charge in [-0.2, -0.15) is 0 Å². The zero-order valence-electron chi connectivity index (χ0n) is 10.8. The minimum Gasteiger partial charge on any atom is -0.495 e. The highest BCUT2D eigenvalue weighted by molar-refractivity contribution is 6.32. The van der Waals surface area contributed by atoms with E-state index in [1.165, 1.54) is 0 Å². The van der Waals surface area contributed by atoms with Gasteiger partial charge in [0, 0.05) is 12.6 Å². The molecule has 0 aliphatic carbocycles. The van der Waals surface area contributed by atoms with Crippen molar-refractivity contribution in [1.29, 1.82) is 0 Å². The Morgan fingerprint density at radius 3 is 2.72 bits per heavy atom. The van der Waals surface area contributed by atoms with Gasteiger partial charge in [-0.3, -0.25) is 9.69 Å². The summed E-state index contributed by atoms with van der Waals surface area (Å²) in [6, 6.07) is 5.71. The van der Waals surface area contributed by atoms with Crippen LogP contribution in [0.5, 0.6) is 5.75 Å². The molecule has 0 bridgehead atoms. The van der Waals surface area contributed by atoms with E-state index in [0.717, 1.165) is 5.56 Å². The summed E-state index contributed by atoms with van der Waals surface area (Å²) in [4.78, 5) is 12.5. The molecular formula is C13H18ClNO3. The molecule has 5 heteroatoms. The zero-order valence-corrected chi connectivity index (χ0v) is 11.6. The lowest BCUT2D eigenvalue weighted by Gasteiger charge is -2.24. The number of carboxylic acids is 1. The smallest absolute Gasteiger partial charge is 0.304 e. The number of nitrogens with zero attached hydrogens (tertiary/aromatic N) is 1. The first-order valence-electron chi connectivity index (χ1n) is 5.71. The van der Waals surface area contributed by atoms with Crippen LogP contribution in [0.3, 0.4) is 0 Å². The minimum atomic E-state index is -0.790. The van der Waals surface area contributed by atoms with Crippen LogP contribution >= 0.6 is 11.6 Å². The highest BCUT2D eigenvalue weighted by Gasteiger charge is 2.14. The van der Waals surface area contributed by atoms with Gasteiger partial charge in [0.05, 0.1) is 18.6 Å². The average molecular weight is 272 g/mol. The summed E-state index contributed by atoms with van der Waals surface area (Å²) >= 11 is 6.07. The number of carbonyl (C=O) groups is 1. The molecule has 1 aromatic carbocycles. The third kappa shape index (κ3) is 3.89. The van der Waals surface area contributed by atoms with Gasteiger partial charge < -0.3 is 9.84 Å². The Morgan fingerprint density at radius 1 is 1.56 bits per heavy atom. The van der Waals surface area contributed by atoms with Crippen LogP contribution in [-0.2, 0) is 4.79 Å². The molecule has 0 spiro atoms. The number of aliphatic carboxylic acids is 1. The molecule has 1 atom stereocenters. The Hall–Kier alpha value is -1.26. The van der Waals surface area contributed by atoms with E-state index in [1.807, 2.05) is 37.1 Å². The van der Waals surface area contributed by atoms with Crippen molar-refractivity contribution in [1.82, 2.24) is 4.90 Å². The molecule has 100 valence electrons. The number of rotatable bonds is 6. The number of hydrogen-bond donors (Lipinski definition) is 1. The van der Waals surface area contributed by atoms with Gasteiger partial charge in [-0.1, -0.05) is 17.7 Å². The summed E-state index contributed by atoms with van der Waals surface area (Å²) in [7, 11) is 3.47. The van der Waals surface area contributed by atoms with Crippen LogP contribution in [0.15, 0.2) is 18.2 Å². The summed E-state index contributed by atoms with van der Waals surface area (Å²) in [5.74, 6) is -0.150. The van der Waals surface area contributed by atoms with Crippen LogP contribution in [0, 0.1) is 0 Å². The highest BCUT2D eigenvalue weighted by Crippen LogP contribution is 2.29. The summed E-state index contributed by atoms with van der Waals surface area (Å²) in [5.41, 5.74) is 1.04. The molecule has 0 saturated heterocycles. The molecule has 0 amide bonds. The lowest BCUT2D eigenvalue weighted by atomic mass is 10.1. The Balaban J connectivity index is 2.74. The van der Waals surface area contributed by atoms with Gasteiger partial charge in [0.2, 0.25) is 0 Å². The Morgan fingerprint density at radius 2 is 2.22 bits per heavy atom. The second kappa shape index (κ2) is 6.61. The number of carboxylic acid groups (broad SMARTS) is 1. The molecule has 0 aromatic heterocycles. The van der Waals surface area contributed by atoms with E-state index < -0.39 is 5.97 Å². The second-order valence-electron chi connectivity index (χ2n) is 4.19. The van der Waals surface area contributed by atoms with E-state index in [-0.39, 0.29) is 12.5 Å². The van der Waals surface area contributed by atoms with Gasteiger partial charge in [-0.05, 0) is 31.7 Å². The number of ether oxygens (including phenoxy) is 1. The standard InChI is InChI=1S/C13H18ClNO3/c1-9(15(2)7-6-13(16)17)10-4-5-12(18-3)11(14)8-10/h4-5,8-9H,6-7H2,1-3H3,(H,16,17). The predicted octanol–water partition coefficient (Wildman–Crippen LogP) is 2.82. The topological polar surface area (TPSA) is 49.8 Å². The van der Waals surface area contributed by atoms with Gasteiger partial charge in [0.15, 0.2) is 0 Å². The summed E-state index contributed by atoms with van der Waals surface area (Å²) in [6.07, 6.45) is 0.130. The molecule has 0 aliphatic rings. The van der Waals surface area contributed by atoms with Crippen molar-refractivity contribution in [3.8, 4) is 5.75 Å². The maximum atomic E-state index is 10.5. The van der Waals surface area contributed by atoms with Crippen LogP contribution in [-0.4, -0.2) is 36.7 Å². The monoisotopic (exact) mass is 271 g/mol. The maximum absolute atomic E-state index is 10.5. The first kappa shape index (κ1) is 14.8. The van der Waals surface area contributed by atoms with Crippen LogP contribution in [0.25, 0.3) is 0 Å². The predicted molar refractivity (Wildman–Crippen MR) is 71.3 cm³/mol. The van der Waals surface area contributed by atoms with Crippen molar-refractivity contribution >= 4 is 17.6 Å². The van der Waals surface area contributed by atoms with Crippen molar-refractivity contribution in [3.05, 3.63) is 28.8 Å². The Bertz CT molecular complexity index is 423. The molecule has 4 nitrogen and oxygen atoms in total. The van der Waals surface area contributed by atoms with E-state index in [4.69, 9.17) is 21.4 Å². The molecule has 0 saturated carbocycles. The van der Waals surface area contributed by atoms with Crippen LogP contribution < -0.4 is 4.74 Å². The molecule has 1 unspecified atom stereocenters. The second-order valence-corrected chi connectivity index (χ2v) is 4.60. The average Bonchev–Trinajstić information content (AvgIpc) is 2.34. The largest absolute Gasteiger partial charge is 0.495 e. The molecular weight excluding hydrogens is 254 g/mol. The van der Waals surface area contributed by atoms with E-state index >= 15 is 0 Å². The van der Waals surface area contributed by atoms with Crippen LogP contribution in [0.1, 0.15) is 24.9 Å².